The molecule has 0 bridgehead atoms. The molecule has 0 radical (unpaired) electrons. The molecule has 14 heavy (non-hydrogen) atoms. The molecule has 1 aromatic rings. The van der Waals surface area contributed by atoms with Crippen molar-refractivity contribution in [2.45, 2.75) is 20.0 Å². The summed E-state index contributed by atoms with van der Waals surface area (Å²) in [5, 5.41) is 0.503. The Labute approximate surface area is 96.3 Å². The number of rotatable bonds is 2. The van der Waals surface area contributed by atoms with Gasteiger partial charge in [-0.15, -0.1) is 0 Å². The summed E-state index contributed by atoms with van der Waals surface area (Å²) in [7, 11) is 0. The number of esters is 1. The molecule has 0 atom stereocenters. The Morgan fingerprint density at radius 2 is 2.14 bits per heavy atom. The lowest BCUT2D eigenvalue weighted by Crippen LogP contribution is -2.12. The van der Waals surface area contributed by atoms with Gasteiger partial charge in [0.25, 0.3) is 0 Å². The highest BCUT2D eigenvalue weighted by Gasteiger charge is 2.14. The van der Waals surface area contributed by atoms with Gasteiger partial charge in [-0.05, 0) is 41.9 Å². The van der Waals surface area contributed by atoms with Crippen LogP contribution < -0.4 is 0 Å². The Morgan fingerprint density at radius 3 is 2.71 bits per heavy atom. The molecule has 2 nitrogen and oxygen atoms in total. The fourth-order valence-corrected chi connectivity index (χ4v) is 1.54. The summed E-state index contributed by atoms with van der Waals surface area (Å²) in [6.45, 7) is 3.60. The molecule has 4 heteroatoms. The van der Waals surface area contributed by atoms with Crippen LogP contribution in [0, 0.1) is 0 Å². The van der Waals surface area contributed by atoms with E-state index in [2.05, 4.69) is 15.9 Å². The summed E-state index contributed by atoms with van der Waals surface area (Å²) in [6, 6.07) is 5.09. The third-order valence-corrected chi connectivity index (χ3v) is 2.91. The Morgan fingerprint density at radius 1 is 1.50 bits per heavy atom. The van der Waals surface area contributed by atoms with Crippen LogP contribution in [0.4, 0.5) is 0 Å². The summed E-state index contributed by atoms with van der Waals surface area (Å²) in [5.74, 6) is -0.366. The average molecular weight is 278 g/mol. The van der Waals surface area contributed by atoms with E-state index in [1.54, 1.807) is 32.0 Å². The molecule has 0 aliphatic heterocycles. The topological polar surface area (TPSA) is 26.3 Å². The minimum absolute atomic E-state index is 0.131. The van der Waals surface area contributed by atoms with Crippen molar-refractivity contribution in [3.05, 3.63) is 33.3 Å². The summed E-state index contributed by atoms with van der Waals surface area (Å²) in [5.41, 5.74) is 0.450. The minimum Gasteiger partial charge on any atom is -0.459 e. The predicted molar refractivity (Wildman–Crippen MR) is 59.7 cm³/mol. The molecule has 0 unspecified atom stereocenters. The fourth-order valence-electron chi connectivity index (χ4n) is 0.939. The number of hydrogen-bond donors (Lipinski definition) is 0. The number of ether oxygens (including phenoxy) is 1. The van der Waals surface area contributed by atoms with Crippen molar-refractivity contribution in [3.63, 3.8) is 0 Å². The molecule has 0 amide bonds. The molecule has 1 rings (SSSR count). The number of carbonyl (C=O) groups excluding carboxylic acids is 1. The number of halogens is 2. The maximum Gasteiger partial charge on any atom is 0.339 e. The van der Waals surface area contributed by atoms with E-state index in [9.17, 15) is 4.79 Å². The highest BCUT2D eigenvalue weighted by atomic mass is 79.9. The molecule has 0 N–H and O–H groups in total. The van der Waals surface area contributed by atoms with Gasteiger partial charge in [0.05, 0.1) is 21.2 Å². The molecular weight excluding hydrogens is 267 g/mol. The van der Waals surface area contributed by atoms with Crippen LogP contribution in [0.25, 0.3) is 0 Å². The summed E-state index contributed by atoms with van der Waals surface area (Å²) in [6.07, 6.45) is -0.131. The Kier molecular flexibility index (Phi) is 3.96. The molecule has 0 saturated heterocycles. The first kappa shape index (κ1) is 11.5. The normalized spacial score (nSPS) is 10.4. The van der Waals surface area contributed by atoms with E-state index in [0.717, 1.165) is 0 Å². The Hall–Kier alpha value is -0.540. The molecule has 0 spiro atoms. The molecule has 0 fully saturated rings. The molecule has 0 aliphatic rings. The largest absolute Gasteiger partial charge is 0.459 e. The maximum absolute atomic E-state index is 11.5. The number of benzene rings is 1. The molecule has 1 aromatic carbocycles. The van der Waals surface area contributed by atoms with E-state index in [4.69, 9.17) is 16.3 Å². The van der Waals surface area contributed by atoms with Crippen molar-refractivity contribution in [1.29, 1.82) is 0 Å². The molecule has 76 valence electrons. The second kappa shape index (κ2) is 4.80. The first-order valence-electron chi connectivity index (χ1n) is 4.17. The zero-order valence-corrected chi connectivity index (χ0v) is 10.2. The molecule has 0 saturated carbocycles. The molecule has 0 aliphatic carbocycles. The van der Waals surface area contributed by atoms with Gasteiger partial charge in [-0.1, -0.05) is 17.7 Å². The van der Waals surface area contributed by atoms with Crippen LogP contribution >= 0.6 is 27.5 Å². The van der Waals surface area contributed by atoms with Gasteiger partial charge >= 0.3 is 5.97 Å². The zero-order chi connectivity index (χ0) is 10.7. The second-order valence-electron chi connectivity index (χ2n) is 3.06. The summed E-state index contributed by atoms with van der Waals surface area (Å²) < 4.78 is 5.62. The highest BCUT2D eigenvalue weighted by Crippen LogP contribution is 2.26. The van der Waals surface area contributed by atoms with Crippen LogP contribution in [0.15, 0.2) is 22.7 Å². The van der Waals surface area contributed by atoms with Gasteiger partial charge in [0, 0.05) is 0 Å². The van der Waals surface area contributed by atoms with Crippen LogP contribution in [0.5, 0.6) is 0 Å². The molecular formula is C10H10BrClO2. The highest BCUT2D eigenvalue weighted by molar-refractivity contribution is 9.10. The van der Waals surface area contributed by atoms with Gasteiger partial charge in [-0.2, -0.15) is 0 Å². The van der Waals surface area contributed by atoms with Crippen molar-refractivity contribution in [2.24, 2.45) is 0 Å². The Bertz CT molecular complexity index is 350. The number of carbonyl (C=O) groups is 1. The van der Waals surface area contributed by atoms with E-state index in [0.29, 0.717) is 15.1 Å². The summed E-state index contributed by atoms with van der Waals surface area (Å²) >= 11 is 9.08. The summed E-state index contributed by atoms with van der Waals surface area (Å²) in [4.78, 5) is 11.5. The smallest absolute Gasteiger partial charge is 0.339 e. The van der Waals surface area contributed by atoms with E-state index in [1.165, 1.54) is 0 Å². The molecule has 0 heterocycles. The van der Waals surface area contributed by atoms with Gasteiger partial charge in [0.1, 0.15) is 0 Å². The fraction of sp³-hybridized carbons (Fsp3) is 0.300. The van der Waals surface area contributed by atoms with Gasteiger partial charge in [-0.25, -0.2) is 4.79 Å². The van der Waals surface area contributed by atoms with Crippen molar-refractivity contribution in [3.8, 4) is 0 Å². The van der Waals surface area contributed by atoms with Crippen LogP contribution in [0.1, 0.15) is 24.2 Å². The van der Waals surface area contributed by atoms with Crippen molar-refractivity contribution in [1.82, 2.24) is 0 Å². The second-order valence-corrected chi connectivity index (χ2v) is 4.26. The van der Waals surface area contributed by atoms with E-state index < -0.39 is 0 Å². The van der Waals surface area contributed by atoms with Crippen LogP contribution in [-0.2, 0) is 4.74 Å². The van der Waals surface area contributed by atoms with Gasteiger partial charge < -0.3 is 4.74 Å². The van der Waals surface area contributed by atoms with Gasteiger partial charge in [-0.3, -0.25) is 0 Å². The lowest BCUT2D eigenvalue weighted by Gasteiger charge is -2.09. The van der Waals surface area contributed by atoms with E-state index in [1.807, 2.05) is 0 Å². The van der Waals surface area contributed by atoms with Crippen LogP contribution in [-0.4, -0.2) is 12.1 Å². The predicted octanol–water partition coefficient (Wildman–Crippen LogP) is 3.67. The minimum atomic E-state index is -0.366. The quantitative estimate of drug-likeness (QED) is 0.771. The van der Waals surface area contributed by atoms with Gasteiger partial charge in [0.2, 0.25) is 0 Å². The maximum atomic E-state index is 11.5. The monoisotopic (exact) mass is 276 g/mol. The van der Waals surface area contributed by atoms with E-state index >= 15 is 0 Å². The third-order valence-electron chi connectivity index (χ3n) is 1.51. The standard InChI is InChI=1S/C10H10BrClO2/c1-6(2)14-10(13)7-4-3-5-8(12)9(7)11/h3-6H,1-2H3. The lowest BCUT2D eigenvalue weighted by atomic mass is 10.2. The average Bonchev–Trinajstić information content (AvgIpc) is 2.08. The Balaban J connectivity index is 2.96. The van der Waals surface area contributed by atoms with Crippen molar-refractivity contribution < 1.29 is 9.53 Å². The molecule has 0 aromatic heterocycles. The third kappa shape index (κ3) is 2.72. The van der Waals surface area contributed by atoms with Crippen molar-refractivity contribution >= 4 is 33.5 Å². The first-order chi connectivity index (χ1) is 6.52. The lowest BCUT2D eigenvalue weighted by molar-refractivity contribution is 0.0377. The number of hydrogen-bond acceptors (Lipinski definition) is 2. The first-order valence-corrected chi connectivity index (χ1v) is 5.34. The SMILES string of the molecule is CC(C)OC(=O)c1cccc(Cl)c1Br. The zero-order valence-electron chi connectivity index (χ0n) is 7.88. The van der Waals surface area contributed by atoms with E-state index in [-0.39, 0.29) is 12.1 Å². The van der Waals surface area contributed by atoms with Crippen LogP contribution in [0.3, 0.4) is 0 Å². The van der Waals surface area contributed by atoms with Crippen molar-refractivity contribution in [2.75, 3.05) is 0 Å². The van der Waals surface area contributed by atoms with Gasteiger partial charge in [0.15, 0.2) is 0 Å². The van der Waals surface area contributed by atoms with Crippen LogP contribution in [0.2, 0.25) is 5.02 Å².